The summed E-state index contributed by atoms with van der Waals surface area (Å²) < 4.78 is 73.7. The normalized spacial score (nSPS) is 16.0. The van der Waals surface area contributed by atoms with Crippen LogP contribution in [-0.2, 0) is 29.5 Å². The molecule has 9 heteroatoms. The summed E-state index contributed by atoms with van der Waals surface area (Å²) in [5.41, 5.74) is -0.687. The smallest absolute Gasteiger partial charge is 0.171 e. The molecule has 0 heterocycles. The Bertz CT molecular complexity index is 776. The lowest BCUT2D eigenvalue weighted by atomic mass is 9.77. The van der Waals surface area contributed by atoms with Crippen LogP contribution in [0.1, 0.15) is 72.6 Å². The lowest BCUT2D eigenvalue weighted by molar-refractivity contribution is 0.243. The highest BCUT2D eigenvalue weighted by molar-refractivity contribution is 7.94. The van der Waals surface area contributed by atoms with E-state index in [0.717, 1.165) is 0 Å². The minimum atomic E-state index is -3.43. The average Bonchev–Trinajstić information content (AvgIpc) is 2.69. The SMILES string of the molecule is CCC=CS(=O)(=O)CCC(CC)(CCS(=O)(=O)C=CCC)CCS(=O)(=O)C=CCC. The highest BCUT2D eigenvalue weighted by Gasteiger charge is 2.32. The van der Waals surface area contributed by atoms with Crippen LogP contribution >= 0.6 is 0 Å². The Kier molecular flexibility index (Phi) is 13.1. The quantitative estimate of drug-likeness (QED) is 0.319. The lowest BCUT2D eigenvalue weighted by Crippen LogP contribution is -2.29. The van der Waals surface area contributed by atoms with E-state index in [1.165, 1.54) is 16.2 Å². The highest BCUT2D eigenvalue weighted by atomic mass is 32.2. The van der Waals surface area contributed by atoms with Gasteiger partial charge in [-0.15, -0.1) is 0 Å². The van der Waals surface area contributed by atoms with Gasteiger partial charge in [-0.3, -0.25) is 0 Å². The Labute approximate surface area is 184 Å². The van der Waals surface area contributed by atoms with Gasteiger partial charge >= 0.3 is 0 Å². The summed E-state index contributed by atoms with van der Waals surface area (Å²) in [7, 11) is -10.3. The third kappa shape index (κ3) is 12.7. The Morgan fingerprint density at radius 2 is 0.800 bits per heavy atom. The van der Waals surface area contributed by atoms with Crippen molar-refractivity contribution in [3.63, 3.8) is 0 Å². The first-order valence-electron chi connectivity index (χ1n) is 10.5. The van der Waals surface area contributed by atoms with Crippen molar-refractivity contribution in [1.29, 1.82) is 0 Å². The van der Waals surface area contributed by atoms with E-state index in [1.54, 1.807) is 18.2 Å². The second-order valence-corrected chi connectivity index (χ2v) is 13.6. The van der Waals surface area contributed by atoms with Gasteiger partial charge in [-0.1, -0.05) is 52.3 Å². The molecule has 6 nitrogen and oxygen atoms in total. The van der Waals surface area contributed by atoms with Crippen LogP contribution in [0.5, 0.6) is 0 Å². The highest BCUT2D eigenvalue weighted by Crippen LogP contribution is 2.37. The molecule has 0 unspecified atom stereocenters. The summed E-state index contributed by atoms with van der Waals surface area (Å²) in [6.07, 6.45) is 7.68. The zero-order chi connectivity index (χ0) is 23.3. The van der Waals surface area contributed by atoms with E-state index in [-0.39, 0.29) is 36.5 Å². The van der Waals surface area contributed by atoms with Crippen molar-refractivity contribution in [1.82, 2.24) is 0 Å². The molecule has 30 heavy (non-hydrogen) atoms. The Balaban J connectivity index is 5.65. The molecule has 0 rings (SSSR count). The lowest BCUT2D eigenvalue weighted by Gasteiger charge is -2.32. The van der Waals surface area contributed by atoms with Crippen molar-refractivity contribution in [2.75, 3.05) is 17.3 Å². The second kappa shape index (κ2) is 13.5. The third-order valence-electron chi connectivity index (χ3n) is 5.12. The van der Waals surface area contributed by atoms with Gasteiger partial charge in [0, 0.05) is 16.2 Å². The van der Waals surface area contributed by atoms with E-state index < -0.39 is 34.9 Å². The van der Waals surface area contributed by atoms with Gasteiger partial charge in [-0.05, 0) is 43.9 Å². The summed E-state index contributed by atoms with van der Waals surface area (Å²) in [4.78, 5) is 0. The third-order valence-corrected chi connectivity index (χ3v) is 9.26. The molecule has 0 saturated heterocycles. The molecule has 0 amide bonds. The van der Waals surface area contributed by atoms with Gasteiger partial charge in [0.1, 0.15) is 0 Å². The number of hydrogen-bond donors (Lipinski definition) is 0. The van der Waals surface area contributed by atoms with Gasteiger partial charge in [0.25, 0.3) is 0 Å². The average molecular weight is 483 g/mol. The molecular weight excluding hydrogens is 444 g/mol. The van der Waals surface area contributed by atoms with Crippen LogP contribution in [0, 0.1) is 5.41 Å². The van der Waals surface area contributed by atoms with Crippen molar-refractivity contribution in [2.45, 2.75) is 72.6 Å². The largest absolute Gasteiger partial charge is 0.224 e. The van der Waals surface area contributed by atoms with E-state index in [2.05, 4.69) is 0 Å². The van der Waals surface area contributed by atoms with Crippen molar-refractivity contribution in [2.24, 2.45) is 5.41 Å². The maximum atomic E-state index is 12.3. The fraction of sp³-hybridized carbons (Fsp3) is 0.714. The number of sulfone groups is 3. The molecule has 0 aliphatic rings. The molecule has 0 N–H and O–H groups in total. The fourth-order valence-corrected chi connectivity index (χ4v) is 6.93. The van der Waals surface area contributed by atoms with Crippen molar-refractivity contribution < 1.29 is 25.3 Å². The minimum absolute atomic E-state index is 0.132. The molecule has 0 atom stereocenters. The van der Waals surface area contributed by atoms with Crippen LogP contribution in [0.4, 0.5) is 0 Å². The summed E-state index contributed by atoms with van der Waals surface area (Å²) in [6, 6.07) is 0. The summed E-state index contributed by atoms with van der Waals surface area (Å²) >= 11 is 0. The van der Waals surface area contributed by atoms with Crippen molar-refractivity contribution >= 4 is 29.5 Å². The Morgan fingerprint density at radius 1 is 0.533 bits per heavy atom. The Hall–Kier alpha value is -0.930. The zero-order valence-electron chi connectivity index (χ0n) is 18.7. The molecule has 0 spiro atoms. The standard InChI is InChI=1S/C21H38O6S3/c1-5-9-15-28(22,23)18-12-21(8-4,13-19-29(24,25)16-10-6-2)14-20-30(26,27)17-11-7-3/h9-11,15-17H,5-8,12-14,18-20H2,1-4H3. The monoisotopic (exact) mass is 482 g/mol. The first kappa shape index (κ1) is 29.1. The topological polar surface area (TPSA) is 102 Å². The van der Waals surface area contributed by atoms with Gasteiger partial charge in [0.05, 0.1) is 17.3 Å². The van der Waals surface area contributed by atoms with E-state index >= 15 is 0 Å². The maximum Gasteiger partial charge on any atom is 0.171 e. The predicted molar refractivity (Wildman–Crippen MR) is 126 cm³/mol. The van der Waals surface area contributed by atoms with Crippen LogP contribution in [-0.4, -0.2) is 42.5 Å². The maximum absolute atomic E-state index is 12.3. The van der Waals surface area contributed by atoms with Crippen LogP contribution in [0.2, 0.25) is 0 Å². The Morgan fingerprint density at radius 3 is 1.00 bits per heavy atom. The predicted octanol–water partition coefficient (Wildman–Crippen LogP) is 4.57. The molecule has 0 bridgehead atoms. The number of rotatable bonds is 16. The van der Waals surface area contributed by atoms with Crippen LogP contribution in [0.15, 0.2) is 34.5 Å². The van der Waals surface area contributed by atoms with Crippen LogP contribution < -0.4 is 0 Å². The first-order valence-corrected chi connectivity index (χ1v) is 15.7. The van der Waals surface area contributed by atoms with Crippen LogP contribution in [0.25, 0.3) is 0 Å². The minimum Gasteiger partial charge on any atom is -0.224 e. The summed E-state index contributed by atoms with van der Waals surface area (Å²) in [5.74, 6) is -0.396. The first-order chi connectivity index (χ1) is 13.9. The van der Waals surface area contributed by atoms with Gasteiger partial charge in [-0.2, -0.15) is 0 Å². The molecule has 176 valence electrons. The van der Waals surface area contributed by atoms with Gasteiger partial charge in [0.2, 0.25) is 0 Å². The van der Waals surface area contributed by atoms with E-state index in [4.69, 9.17) is 0 Å². The zero-order valence-corrected chi connectivity index (χ0v) is 21.2. The van der Waals surface area contributed by atoms with E-state index in [1.807, 2.05) is 27.7 Å². The molecule has 0 aromatic carbocycles. The molecular formula is C21H38O6S3. The van der Waals surface area contributed by atoms with E-state index in [0.29, 0.717) is 25.7 Å². The van der Waals surface area contributed by atoms with Crippen molar-refractivity contribution in [3.05, 3.63) is 34.5 Å². The van der Waals surface area contributed by atoms with Gasteiger partial charge in [0.15, 0.2) is 29.5 Å². The summed E-state index contributed by atoms with van der Waals surface area (Å²) in [5, 5.41) is 3.57. The van der Waals surface area contributed by atoms with Crippen molar-refractivity contribution in [3.8, 4) is 0 Å². The van der Waals surface area contributed by atoms with E-state index in [9.17, 15) is 25.3 Å². The summed E-state index contributed by atoms with van der Waals surface area (Å²) in [6.45, 7) is 7.38. The van der Waals surface area contributed by atoms with Crippen LogP contribution in [0.3, 0.4) is 0 Å². The number of allylic oxidation sites excluding steroid dienone is 3. The molecule has 0 aliphatic carbocycles. The molecule has 0 fully saturated rings. The van der Waals surface area contributed by atoms with Gasteiger partial charge < -0.3 is 0 Å². The fourth-order valence-electron chi connectivity index (χ4n) is 2.91. The second-order valence-electron chi connectivity index (χ2n) is 7.54. The number of hydrogen-bond acceptors (Lipinski definition) is 6. The molecule has 0 saturated carbocycles. The molecule has 0 radical (unpaired) electrons. The molecule has 0 aromatic rings. The molecule has 0 aromatic heterocycles. The van der Waals surface area contributed by atoms with Gasteiger partial charge in [-0.25, -0.2) is 25.3 Å². The molecule has 0 aliphatic heterocycles.